The molecule has 3 rings (SSSR count). The lowest BCUT2D eigenvalue weighted by Crippen LogP contribution is -2.21. The summed E-state index contributed by atoms with van der Waals surface area (Å²) in [6.45, 7) is 0.441. The van der Waals surface area contributed by atoms with Gasteiger partial charge in [0, 0.05) is 0 Å². The smallest absolute Gasteiger partial charge is 0.341 e. The van der Waals surface area contributed by atoms with Gasteiger partial charge in [-0.3, -0.25) is 0 Å². The predicted octanol–water partition coefficient (Wildman–Crippen LogP) is 2.39. The SMILES string of the molecule is NC(=O)n1nc(NCc2occc2Br)c2scnc21. The van der Waals surface area contributed by atoms with E-state index in [0.717, 1.165) is 19.6 Å². The van der Waals surface area contributed by atoms with Crippen LogP contribution in [0, 0.1) is 0 Å². The van der Waals surface area contributed by atoms with Crippen molar-refractivity contribution in [3.8, 4) is 0 Å². The van der Waals surface area contributed by atoms with Gasteiger partial charge in [-0.15, -0.1) is 16.4 Å². The number of rotatable bonds is 3. The second-order valence-electron chi connectivity index (χ2n) is 3.65. The van der Waals surface area contributed by atoms with Gasteiger partial charge in [-0.1, -0.05) is 0 Å². The lowest BCUT2D eigenvalue weighted by Gasteiger charge is -2.00. The first kappa shape index (κ1) is 12.2. The monoisotopic (exact) mass is 341 g/mol. The zero-order valence-corrected chi connectivity index (χ0v) is 11.9. The Morgan fingerprint density at radius 3 is 3.16 bits per heavy atom. The van der Waals surface area contributed by atoms with Crippen molar-refractivity contribution < 1.29 is 9.21 Å². The van der Waals surface area contributed by atoms with E-state index in [-0.39, 0.29) is 0 Å². The summed E-state index contributed by atoms with van der Waals surface area (Å²) < 4.78 is 8.01. The number of primary amides is 1. The van der Waals surface area contributed by atoms with Crippen LogP contribution < -0.4 is 11.1 Å². The van der Waals surface area contributed by atoms with E-state index in [2.05, 4.69) is 31.3 Å². The van der Waals surface area contributed by atoms with Crippen LogP contribution >= 0.6 is 27.3 Å². The molecule has 0 fully saturated rings. The van der Waals surface area contributed by atoms with E-state index in [0.29, 0.717) is 18.0 Å². The number of aromatic nitrogens is 3. The number of nitrogens with two attached hydrogens (primary N) is 1. The van der Waals surface area contributed by atoms with Crippen molar-refractivity contribution in [3.63, 3.8) is 0 Å². The highest BCUT2D eigenvalue weighted by Gasteiger charge is 2.16. The molecule has 0 bridgehead atoms. The number of fused-ring (bicyclic) bond motifs is 1. The number of thiazole rings is 1. The topological polar surface area (TPSA) is 99.0 Å². The molecule has 0 atom stereocenters. The number of nitrogens with zero attached hydrogens (tertiary/aromatic N) is 3. The molecule has 3 aromatic rings. The van der Waals surface area contributed by atoms with Crippen LogP contribution in [0.1, 0.15) is 5.76 Å². The molecule has 0 spiro atoms. The summed E-state index contributed by atoms with van der Waals surface area (Å²) >= 11 is 4.75. The number of carbonyl (C=O) groups excluding carboxylic acids is 1. The number of furan rings is 1. The fourth-order valence-corrected chi connectivity index (χ4v) is 2.70. The molecule has 0 aromatic carbocycles. The van der Waals surface area contributed by atoms with Gasteiger partial charge in [0.25, 0.3) is 0 Å². The molecular weight excluding hydrogens is 334 g/mol. The molecule has 0 radical (unpaired) electrons. The Balaban J connectivity index is 1.91. The highest BCUT2D eigenvalue weighted by Crippen LogP contribution is 2.27. The molecule has 0 unspecified atom stereocenters. The molecule has 0 aliphatic heterocycles. The van der Waals surface area contributed by atoms with Gasteiger partial charge in [0.15, 0.2) is 11.5 Å². The molecule has 0 aliphatic rings. The number of nitrogens with one attached hydrogen (secondary N) is 1. The van der Waals surface area contributed by atoms with Crippen LogP contribution in [0.3, 0.4) is 0 Å². The summed E-state index contributed by atoms with van der Waals surface area (Å²) in [6.07, 6.45) is 1.59. The van der Waals surface area contributed by atoms with Gasteiger partial charge in [0.05, 0.1) is 22.8 Å². The third kappa shape index (κ3) is 2.10. The van der Waals surface area contributed by atoms with Crippen molar-refractivity contribution in [3.05, 3.63) is 28.1 Å². The molecule has 19 heavy (non-hydrogen) atoms. The van der Waals surface area contributed by atoms with Gasteiger partial charge >= 0.3 is 6.03 Å². The normalized spacial score (nSPS) is 11.0. The lowest BCUT2D eigenvalue weighted by atomic mass is 10.4. The summed E-state index contributed by atoms with van der Waals surface area (Å²) in [6, 6.07) is 1.14. The molecule has 0 saturated carbocycles. The van der Waals surface area contributed by atoms with Crippen molar-refractivity contribution in [2.24, 2.45) is 5.73 Å². The van der Waals surface area contributed by atoms with Crippen molar-refractivity contribution in [2.45, 2.75) is 6.54 Å². The third-order valence-electron chi connectivity index (χ3n) is 2.48. The van der Waals surface area contributed by atoms with E-state index in [4.69, 9.17) is 10.2 Å². The highest BCUT2D eigenvalue weighted by atomic mass is 79.9. The standard InChI is InChI=1S/C10H8BrN5O2S/c11-5-1-2-18-6(5)3-13-8-7-9(14-4-19-7)16(15-8)10(12)17/h1-2,4H,3H2,(H2,12,17)(H,13,15). The fraction of sp³-hybridized carbons (Fsp3) is 0.100. The maximum atomic E-state index is 11.2. The van der Waals surface area contributed by atoms with Crippen LogP contribution in [0.15, 0.2) is 26.7 Å². The van der Waals surface area contributed by atoms with Crippen LogP contribution in [-0.2, 0) is 6.54 Å². The maximum Gasteiger partial charge on any atom is 0.341 e. The van der Waals surface area contributed by atoms with Gasteiger partial charge in [0.1, 0.15) is 10.5 Å². The van der Waals surface area contributed by atoms with Crippen LogP contribution in [0.5, 0.6) is 0 Å². The average Bonchev–Trinajstić information content (AvgIpc) is 3.02. The van der Waals surface area contributed by atoms with E-state index in [1.807, 2.05) is 0 Å². The van der Waals surface area contributed by atoms with Crippen molar-refractivity contribution >= 4 is 49.5 Å². The number of hydrogen-bond acceptors (Lipinski definition) is 6. The lowest BCUT2D eigenvalue weighted by molar-refractivity contribution is 0.248. The predicted molar refractivity (Wildman–Crippen MR) is 74.1 cm³/mol. The van der Waals surface area contributed by atoms with E-state index in [9.17, 15) is 4.79 Å². The van der Waals surface area contributed by atoms with E-state index >= 15 is 0 Å². The fourth-order valence-electron chi connectivity index (χ4n) is 1.63. The number of carbonyl (C=O) groups is 1. The van der Waals surface area contributed by atoms with Gasteiger partial charge in [0.2, 0.25) is 0 Å². The number of hydrogen-bond donors (Lipinski definition) is 2. The van der Waals surface area contributed by atoms with E-state index in [1.165, 1.54) is 11.3 Å². The second kappa shape index (κ2) is 4.67. The van der Waals surface area contributed by atoms with Gasteiger partial charge in [-0.2, -0.15) is 4.68 Å². The molecule has 0 aliphatic carbocycles. The minimum absolute atomic E-state index is 0.441. The van der Waals surface area contributed by atoms with Gasteiger partial charge in [-0.05, 0) is 22.0 Å². The molecule has 3 N–H and O–H groups in total. The highest BCUT2D eigenvalue weighted by molar-refractivity contribution is 9.10. The summed E-state index contributed by atoms with van der Waals surface area (Å²) in [5, 5.41) is 7.20. The second-order valence-corrected chi connectivity index (χ2v) is 5.36. The Morgan fingerprint density at radius 2 is 2.47 bits per heavy atom. The minimum Gasteiger partial charge on any atom is -0.466 e. The molecule has 0 saturated heterocycles. The first-order chi connectivity index (χ1) is 9.16. The number of halogens is 1. The Bertz CT molecular complexity index is 746. The first-order valence-corrected chi connectivity index (χ1v) is 6.92. The van der Waals surface area contributed by atoms with E-state index < -0.39 is 6.03 Å². The molecular formula is C10H8BrN5O2S. The molecule has 1 amide bonds. The van der Waals surface area contributed by atoms with Crippen LogP contribution in [-0.4, -0.2) is 20.8 Å². The summed E-state index contributed by atoms with van der Waals surface area (Å²) in [4.78, 5) is 15.3. The van der Waals surface area contributed by atoms with Crippen molar-refractivity contribution in [1.82, 2.24) is 14.8 Å². The van der Waals surface area contributed by atoms with E-state index in [1.54, 1.807) is 17.8 Å². The number of amides is 1. The third-order valence-corrected chi connectivity index (χ3v) is 4.01. The van der Waals surface area contributed by atoms with Gasteiger partial charge in [-0.25, -0.2) is 9.78 Å². The largest absolute Gasteiger partial charge is 0.466 e. The van der Waals surface area contributed by atoms with Crippen LogP contribution in [0.25, 0.3) is 10.3 Å². The van der Waals surface area contributed by atoms with Crippen LogP contribution in [0.4, 0.5) is 10.6 Å². The minimum atomic E-state index is -0.664. The molecule has 3 heterocycles. The Hall–Kier alpha value is -1.87. The summed E-state index contributed by atoms with van der Waals surface area (Å²) in [7, 11) is 0. The summed E-state index contributed by atoms with van der Waals surface area (Å²) in [5.74, 6) is 1.30. The first-order valence-electron chi connectivity index (χ1n) is 5.24. The zero-order chi connectivity index (χ0) is 13.4. The zero-order valence-electron chi connectivity index (χ0n) is 9.46. The molecule has 7 nitrogen and oxygen atoms in total. The molecule has 3 aromatic heterocycles. The van der Waals surface area contributed by atoms with Crippen molar-refractivity contribution in [1.29, 1.82) is 0 Å². The Kier molecular flexibility index (Phi) is 2.99. The molecule has 9 heteroatoms. The number of anilines is 1. The Morgan fingerprint density at radius 1 is 1.63 bits per heavy atom. The maximum absolute atomic E-state index is 11.2. The van der Waals surface area contributed by atoms with Gasteiger partial charge < -0.3 is 15.5 Å². The summed E-state index contributed by atoms with van der Waals surface area (Å²) in [5.41, 5.74) is 7.34. The average molecular weight is 342 g/mol. The quantitative estimate of drug-likeness (QED) is 0.761. The van der Waals surface area contributed by atoms with Crippen LogP contribution in [0.2, 0.25) is 0 Å². The van der Waals surface area contributed by atoms with Crippen molar-refractivity contribution in [2.75, 3.05) is 5.32 Å². The Labute approximate surface area is 119 Å². The molecule has 98 valence electrons.